The molecule has 1 saturated carbocycles. The number of benzene rings is 1. The van der Waals surface area contributed by atoms with E-state index >= 15 is 0 Å². The molecule has 118 valence electrons. The lowest BCUT2D eigenvalue weighted by atomic mass is 10.1. The maximum Gasteiger partial charge on any atom is 0.216 e. The molecule has 21 heavy (non-hydrogen) atoms. The summed E-state index contributed by atoms with van der Waals surface area (Å²) in [5.74, 6) is 0.826. The molecule has 0 bridgehead atoms. The fourth-order valence-electron chi connectivity index (χ4n) is 2.15. The van der Waals surface area contributed by atoms with E-state index in [1.165, 1.54) is 18.4 Å². The highest BCUT2D eigenvalue weighted by molar-refractivity contribution is 7.98. The number of sulfonamides is 1. The number of rotatable bonds is 9. The van der Waals surface area contributed by atoms with Crippen molar-refractivity contribution >= 4 is 21.8 Å². The Balaban J connectivity index is 1.86. The highest BCUT2D eigenvalue weighted by Gasteiger charge is 2.20. The van der Waals surface area contributed by atoms with Crippen LogP contribution in [0.2, 0.25) is 0 Å². The molecule has 0 spiro atoms. The van der Waals surface area contributed by atoms with Gasteiger partial charge in [-0.1, -0.05) is 24.3 Å². The zero-order valence-electron chi connectivity index (χ0n) is 12.6. The molecule has 1 aromatic carbocycles. The van der Waals surface area contributed by atoms with Gasteiger partial charge in [0.25, 0.3) is 0 Å². The van der Waals surface area contributed by atoms with Crippen LogP contribution in [0.15, 0.2) is 24.3 Å². The van der Waals surface area contributed by atoms with Crippen LogP contribution in [0.4, 0.5) is 0 Å². The van der Waals surface area contributed by atoms with Gasteiger partial charge in [-0.2, -0.15) is 11.8 Å². The van der Waals surface area contributed by atoms with Crippen molar-refractivity contribution in [3.8, 4) is 0 Å². The molecule has 1 aliphatic rings. The predicted octanol–water partition coefficient (Wildman–Crippen LogP) is 2.11. The first-order valence-corrected chi connectivity index (χ1v) is 10.3. The summed E-state index contributed by atoms with van der Waals surface area (Å²) in [7, 11) is -3.26. The fourth-order valence-corrected chi connectivity index (χ4v) is 4.25. The summed E-state index contributed by atoms with van der Waals surface area (Å²) >= 11 is 1.64. The summed E-state index contributed by atoms with van der Waals surface area (Å²) in [6.45, 7) is 2.75. The Hall–Kier alpha value is -0.560. The number of hydrogen-bond acceptors (Lipinski definition) is 4. The third-order valence-electron chi connectivity index (χ3n) is 3.35. The monoisotopic (exact) mass is 328 g/mol. The molecule has 0 amide bonds. The first-order chi connectivity index (χ1) is 9.98. The SMILES string of the molecule is CSCC(C)NS(=O)(=O)Cc1ccc(CNC2CC2)cc1. The highest BCUT2D eigenvalue weighted by Crippen LogP contribution is 2.19. The van der Waals surface area contributed by atoms with E-state index in [1.54, 1.807) is 11.8 Å². The van der Waals surface area contributed by atoms with Gasteiger partial charge in [-0.05, 0) is 37.1 Å². The minimum atomic E-state index is -3.26. The normalized spacial score (nSPS) is 16.9. The van der Waals surface area contributed by atoms with Crippen molar-refractivity contribution in [1.82, 2.24) is 10.0 Å². The average Bonchev–Trinajstić information content (AvgIpc) is 3.21. The largest absolute Gasteiger partial charge is 0.310 e. The molecule has 2 N–H and O–H groups in total. The van der Waals surface area contributed by atoms with Crippen molar-refractivity contribution in [2.24, 2.45) is 0 Å². The van der Waals surface area contributed by atoms with Crippen LogP contribution in [0.3, 0.4) is 0 Å². The number of nitrogens with one attached hydrogen (secondary N) is 2. The molecule has 1 aliphatic carbocycles. The van der Waals surface area contributed by atoms with Gasteiger partial charge in [0, 0.05) is 24.4 Å². The molecule has 1 atom stereocenters. The number of thioether (sulfide) groups is 1. The van der Waals surface area contributed by atoms with Gasteiger partial charge in [-0.3, -0.25) is 0 Å². The summed E-state index contributed by atoms with van der Waals surface area (Å²) < 4.78 is 26.8. The molecule has 2 rings (SSSR count). The van der Waals surface area contributed by atoms with Crippen molar-refractivity contribution < 1.29 is 8.42 Å². The van der Waals surface area contributed by atoms with Crippen LogP contribution < -0.4 is 10.0 Å². The molecule has 6 heteroatoms. The average molecular weight is 329 g/mol. The zero-order valence-corrected chi connectivity index (χ0v) is 14.3. The molecule has 0 aliphatic heterocycles. The van der Waals surface area contributed by atoms with E-state index in [0.29, 0.717) is 6.04 Å². The minimum absolute atomic E-state index is 0.0352. The molecule has 0 radical (unpaired) electrons. The van der Waals surface area contributed by atoms with E-state index in [4.69, 9.17) is 0 Å². The van der Waals surface area contributed by atoms with Crippen molar-refractivity contribution in [3.63, 3.8) is 0 Å². The van der Waals surface area contributed by atoms with Crippen molar-refractivity contribution in [2.45, 2.75) is 44.1 Å². The van der Waals surface area contributed by atoms with Gasteiger partial charge in [0.1, 0.15) is 0 Å². The molecule has 0 aromatic heterocycles. The predicted molar refractivity (Wildman–Crippen MR) is 89.9 cm³/mol. The van der Waals surface area contributed by atoms with Gasteiger partial charge in [0.2, 0.25) is 10.0 Å². The summed E-state index contributed by atoms with van der Waals surface area (Å²) in [4.78, 5) is 0. The zero-order chi connectivity index (χ0) is 15.3. The lowest BCUT2D eigenvalue weighted by Crippen LogP contribution is -2.35. The van der Waals surface area contributed by atoms with E-state index in [1.807, 2.05) is 37.4 Å². The Kier molecular flexibility index (Phi) is 6.10. The summed E-state index contributed by atoms with van der Waals surface area (Å²) in [5.41, 5.74) is 2.03. The van der Waals surface area contributed by atoms with Gasteiger partial charge in [-0.25, -0.2) is 13.1 Å². The van der Waals surface area contributed by atoms with E-state index in [9.17, 15) is 8.42 Å². The summed E-state index contributed by atoms with van der Waals surface area (Å²) in [6.07, 6.45) is 4.52. The van der Waals surface area contributed by atoms with Gasteiger partial charge in [-0.15, -0.1) is 0 Å². The van der Waals surface area contributed by atoms with Crippen molar-refractivity contribution in [2.75, 3.05) is 12.0 Å². The van der Waals surface area contributed by atoms with Crippen molar-refractivity contribution in [3.05, 3.63) is 35.4 Å². The second kappa shape index (κ2) is 7.63. The first-order valence-electron chi connectivity index (χ1n) is 7.28. The molecule has 1 fully saturated rings. The van der Waals surface area contributed by atoms with Gasteiger partial charge in [0.15, 0.2) is 0 Å². The molecule has 4 nitrogen and oxygen atoms in total. The highest BCUT2D eigenvalue weighted by atomic mass is 32.2. The minimum Gasteiger partial charge on any atom is -0.310 e. The van der Waals surface area contributed by atoms with Crippen LogP contribution in [0.5, 0.6) is 0 Å². The molecule has 0 heterocycles. The van der Waals surface area contributed by atoms with Crippen molar-refractivity contribution in [1.29, 1.82) is 0 Å². The third-order valence-corrected chi connectivity index (χ3v) is 5.66. The van der Waals surface area contributed by atoms with Crippen LogP contribution in [-0.4, -0.2) is 32.5 Å². The quantitative estimate of drug-likeness (QED) is 0.729. The Morgan fingerprint density at radius 1 is 1.24 bits per heavy atom. The number of hydrogen-bond donors (Lipinski definition) is 2. The van der Waals surface area contributed by atoms with Crippen LogP contribution in [0.25, 0.3) is 0 Å². The van der Waals surface area contributed by atoms with Crippen LogP contribution >= 0.6 is 11.8 Å². The summed E-state index contributed by atoms with van der Waals surface area (Å²) in [5, 5.41) is 3.45. The van der Waals surface area contributed by atoms with Crippen LogP contribution in [0.1, 0.15) is 30.9 Å². The molecular weight excluding hydrogens is 304 g/mol. The van der Waals surface area contributed by atoms with Crippen LogP contribution in [0, 0.1) is 0 Å². The van der Waals surface area contributed by atoms with E-state index in [2.05, 4.69) is 10.0 Å². The second-order valence-electron chi connectivity index (χ2n) is 5.70. The Morgan fingerprint density at radius 3 is 2.43 bits per heavy atom. The fraction of sp³-hybridized carbons (Fsp3) is 0.600. The van der Waals surface area contributed by atoms with E-state index in [-0.39, 0.29) is 11.8 Å². The topological polar surface area (TPSA) is 58.2 Å². The van der Waals surface area contributed by atoms with Gasteiger partial charge >= 0.3 is 0 Å². The smallest absolute Gasteiger partial charge is 0.216 e. The maximum atomic E-state index is 12.1. The maximum absolute atomic E-state index is 12.1. The molecular formula is C15H24N2O2S2. The van der Waals surface area contributed by atoms with Gasteiger partial charge < -0.3 is 5.32 Å². The molecule has 1 unspecified atom stereocenters. The van der Waals surface area contributed by atoms with E-state index in [0.717, 1.165) is 17.9 Å². The Labute approximate surface area is 132 Å². The van der Waals surface area contributed by atoms with Gasteiger partial charge in [0.05, 0.1) is 5.75 Å². The molecule has 1 aromatic rings. The first kappa shape index (κ1) is 16.8. The Morgan fingerprint density at radius 2 is 1.86 bits per heavy atom. The van der Waals surface area contributed by atoms with E-state index < -0.39 is 10.0 Å². The van der Waals surface area contributed by atoms with Crippen LogP contribution in [-0.2, 0) is 22.3 Å². The Bertz CT molecular complexity index is 539. The standard InChI is InChI=1S/C15H24N2O2S2/c1-12(10-20-2)17-21(18,19)11-14-5-3-13(4-6-14)9-16-15-7-8-15/h3-6,12,15-17H,7-11H2,1-2H3. The summed E-state index contributed by atoms with van der Waals surface area (Å²) in [6, 6.07) is 8.47. The second-order valence-corrected chi connectivity index (χ2v) is 8.37. The molecule has 0 saturated heterocycles. The third kappa shape index (κ3) is 6.38. The lowest BCUT2D eigenvalue weighted by molar-refractivity contribution is 0.570. The lowest BCUT2D eigenvalue weighted by Gasteiger charge is -2.13.